The van der Waals surface area contributed by atoms with Crippen LogP contribution in [0.4, 0.5) is 4.79 Å². The summed E-state index contributed by atoms with van der Waals surface area (Å²) in [6.45, 7) is 6.72. The molecule has 0 bridgehead atoms. The summed E-state index contributed by atoms with van der Waals surface area (Å²) in [5.74, 6) is 1.37. The Labute approximate surface area is 177 Å². The molecule has 1 aromatic rings. The summed E-state index contributed by atoms with van der Waals surface area (Å²) in [6, 6.07) is 7.61. The smallest absolute Gasteiger partial charge is 0.324 e. The Morgan fingerprint density at radius 3 is 2.56 bits per heavy atom. The third kappa shape index (κ3) is 6.89. The molecule has 8 nitrogen and oxygen atoms in total. The van der Waals surface area contributed by atoms with Crippen LogP contribution in [-0.2, 0) is 11.3 Å². The maximum atomic E-state index is 11.6. The molecule has 27 heavy (non-hydrogen) atoms. The molecule has 1 aliphatic rings. The molecule has 1 saturated heterocycles. The molecule has 0 saturated carbocycles. The molecule has 1 aromatic carbocycles. The molecule has 1 heterocycles. The fourth-order valence-corrected chi connectivity index (χ4v) is 2.61. The monoisotopic (exact) mass is 489 g/mol. The van der Waals surface area contributed by atoms with Crippen LogP contribution in [0.2, 0.25) is 0 Å². The first-order valence-electron chi connectivity index (χ1n) is 8.84. The van der Waals surface area contributed by atoms with Crippen molar-refractivity contribution in [3.8, 4) is 5.75 Å². The van der Waals surface area contributed by atoms with Gasteiger partial charge >= 0.3 is 6.03 Å². The number of halogens is 1. The Balaban J connectivity index is 0.00000364. The molecule has 0 aromatic heterocycles. The van der Waals surface area contributed by atoms with Crippen molar-refractivity contribution < 1.29 is 14.3 Å². The first kappa shape index (κ1) is 23.0. The molecule has 3 amide bonds. The van der Waals surface area contributed by atoms with Crippen LogP contribution in [0, 0.1) is 0 Å². The average molecular weight is 489 g/mol. The molecule has 2 N–H and O–H groups in total. The van der Waals surface area contributed by atoms with Crippen LogP contribution < -0.4 is 15.4 Å². The van der Waals surface area contributed by atoms with E-state index in [4.69, 9.17) is 4.74 Å². The zero-order valence-electron chi connectivity index (χ0n) is 16.0. The second-order valence-corrected chi connectivity index (χ2v) is 5.87. The van der Waals surface area contributed by atoms with Gasteiger partial charge in [-0.15, -0.1) is 24.0 Å². The van der Waals surface area contributed by atoms with Gasteiger partial charge in [0.25, 0.3) is 0 Å². The number of rotatable bonds is 8. The van der Waals surface area contributed by atoms with Gasteiger partial charge in [0.2, 0.25) is 5.91 Å². The standard InChI is InChI=1S/C18H27N5O3.HI/c1-4-19-17(20-10-11-23-16(24)12-21-18(23)25)22(3)13-14-6-8-15(9-7-14)26-5-2;/h6-9H,4-5,10-13H2,1-3H3,(H,19,20)(H,21,25);1H. The highest BCUT2D eigenvalue weighted by molar-refractivity contribution is 14.0. The van der Waals surface area contributed by atoms with Crippen molar-refractivity contribution >= 4 is 41.9 Å². The lowest BCUT2D eigenvalue weighted by atomic mass is 10.2. The normalized spacial score (nSPS) is 13.9. The number of ether oxygens (including phenoxy) is 1. The highest BCUT2D eigenvalue weighted by Gasteiger charge is 2.27. The predicted octanol–water partition coefficient (Wildman–Crippen LogP) is 1.65. The number of amides is 3. The molecule has 0 spiro atoms. The molecule has 0 radical (unpaired) electrons. The third-order valence-corrected chi connectivity index (χ3v) is 3.87. The maximum Gasteiger partial charge on any atom is 0.324 e. The molecule has 2 rings (SSSR count). The lowest BCUT2D eigenvalue weighted by Gasteiger charge is -2.22. The number of nitrogens with one attached hydrogen (secondary N) is 2. The molecular formula is C18H28IN5O3. The Bertz CT molecular complexity index is 635. The summed E-state index contributed by atoms with van der Waals surface area (Å²) >= 11 is 0. The molecular weight excluding hydrogens is 461 g/mol. The number of imide groups is 1. The minimum Gasteiger partial charge on any atom is -0.494 e. The number of aliphatic imine (C=N–C) groups is 1. The molecule has 0 unspecified atom stereocenters. The van der Waals surface area contributed by atoms with E-state index in [0.717, 1.165) is 23.8 Å². The number of carbonyl (C=O) groups excluding carboxylic acids is 2. The van der Waals surface area contributed by atoms with E-state index in [-0.39, 0.29) is 49.0 Å². The van der Waals surface area contributed by atoms with Crippen molar-refractivity contribution in [3.05, 3.63) is 29.8 Å². The first-order valence-corrected chi connectivity index (χ1v) is 8.84. The Morgan fingerprint density at radius 1 is 1.30 bits per heavy atom. The quantitative estimate of drug-likeness (QED) is 0.251. The molecule has 1 fully saturated rings. The molecule has 1 aliphatic heterocycles. The lowest BCUT2D eigenvalue weighted by molar-refractivity contribution is -0.124. The average Bonchev–Trinajstić information content (AvgIpc) is 2.94. The van der Waals surface area contributed by atoms with Crippen molar-refractivity contribution in [1.82, 2.24) is 20.4 Å². The van der Waals surface area contributed by atoms with Crippen LogP contribution in [-0.4, -0.2) is 67.5 Å². The third-order valence-electron chi connectivity index (χ3n) is 3.87. The van der Waals surface area contributed by atoms with Crippen molar-refractivity contribution in [2.24, 2.45) is 4.99 Å². The summed E-state index contributed by atoms with van der Waals surface area (Å²) in [5, 5.41) is 5.73. The van der Waals surface area contributed by atoms with Gasteiger partial charge in [-0.3, -0.25) is 14.7 Å². The van der Waals surface area contributed by atoms with Gasteiger partial charge in [-0.05, 0) is 31.5 Å². The van der Waals surface area contributed by atoms with Crippen LogP contribution in [0.3, 0.4) is 0 Å². The van der Waals surface area contributed by atoms with Gasteiger partial charge in [-0.1, -0.05) is 12.1 Å². The van der Waals surface area contributed by atoms with E-state index in [1.54, 1.807) is 0 Å². The van der Waals surface area contributed by atoms with Crippen molar-refractivity contribution in [1.29, 1.82) is 0 Å². The van der Waals surface area contributed by atoms with Crippen molar-refractivity contribution in [3.63, 3.8) is 0 Å². The van der Waals surface area contributed by atoms with E-state index in [0.29, 0.717) is 19.7 Å². The van der Waals surface area contributed by atoms with Gasteiger partial charge in [0.15, 0.2) is 5.96 Å². The first-order chi connectivity index (χ1) is 12.5. The van der Waals surface area contributed by atoms with E-state index in [2.05, 4.69) is 15.6 Å². The van der Waals surface area contributed by atoms with Gasteiger partial charge < -0.3 is 20.3 Å². The Hall–Kier alpha value is -2.04. The van der Waals surface area contributed by atoms with Gasteiger partial charge in [0.1, 0.15) is 5.75 Å². The second kappa shape index (κ2) is 11.6. The summed E-state index contributed by atoms with van der Waals surface area (Å²) in [4.78, 5) is 30.9. The fourth-order valence-electron chi connectivity index (χ4n) is 2.61. The summed E-state index contributed by atoms with van der Waals surface area (Å²) < 4.78 is 5.46. The van der Waals surface area contributed by atoms with E-state index >= 15 is 0 Å². The van der Waals surface area contributed by atoms with Crippen LogP contribution in [0.5, 0.6) is 5.75 Å². The maximum absolute atomic E-state index is 11.6. The Morgan fingerprint density at radius 2 is 2.00 bits per heavy atom. The number of hydrogen-bond acceptors (Lipinski definition) is 4. The van der Waals surface area contributed by atoms with Crippen molar-refractivity contribution in [2.75, 3.05) is 39.8 Å². The number of hydrogen-bond donors (Lipinski definition) is 2. The Kier molecular flexibility index (Phi) is 9.90. The van der Waals surface area contributed by atoms with Gasteiger partial charge in [-0.2, -0.15) is 0 Å². The van der Waals surface area contributed by atoms with Crippen LogP contribution in [0.25, 0.3) is 0 Å². The summed E-state index contributed by atoms with van der Waals surface area (Å²) in [6.07, 6.45) is 0. The predicted molar refractivity (Wildman–Crippen MR) is 116 cm³/mol. The second-order valence-electron chi connectivity index (χ2n) is 5.87. The van der Waals surface area contributed by atoms with E-state index in [1.165, 1.54) is 4.90 Å². The summed E-state index contributed by atoms with van der Waals surface area (Å²) in [7, 11) is 1.95. The number of carbonyl (C=O) groups is 2. The fraction of sp³-hybridized carbons (Fsp3) is 0.500. The van der Waals surface area contributed by atoms with Crippen molar-refractivity contribution in [2.45, 2.75) is 20.4 Å². The van der Waals surface area contributed by atoms with Crippen LogP contribution in [0.15, 0.2) is 29.3 Å². The van der Waals surface area contributed by atoms with Gasteiger partial charge in [0.05, 0.1) is 26.2 Å². The molecule has 150 valence electrons. The highest BCUT2D eigenvalue weighted by Crippen LogP contribution is 2.13. The van der Waals surface area contributed by atoms with Crippen LogP contribution in [0.1, 0.15) is 19.4 Å². The largest absolute Gasteiger partial charge is 0.494 e. The SMILES string of the molecule is CCNC(=NCCN1C(=O)CNC1=O)N(C)Cc1ccc(OCC)cc1.I. The van der Waals surface area contributed by atoms with Gasteiger partial charge in [0, 0.05) is 20.1 Å². The molecule has 9 heteroatoms. The number of urea groups is 1. The van der Waals surface area contributed by atoms with E-state index in [9.17, 15) is 9.59 Å². The van der Waals surface area contributed by atoms with E-state index in [1.807, 2.05) is 50.1 Å². The van der Waals surface area contributed by atoms with Gasteiger partial charge in [-0.25, -0.2) is 4.79 Å². The van der Waals surface area contributed by atoms with E-state index < -0.39 is 0 Å². The molecule has 0 aliphatic carbocycles. The topological polar surface area (TPSA) is 86.3 Å². The summed E-state index contributed by atoms with van der Waals surface area (Å²) in [5.41, 5.74) is 1.13. The minimum atomic E-state index is -0.349. The van der Waals surface area contributed by atoms with Crippen LogP contribution >= 0.6 is 24.0 Å². The molecule has 0 atom stereocenters. The number of benzene rings is 1. The number of guanidine groups is 1. The zero-order valence-corrected chi connectivity index (χ0v) is 18.4. The highest BCUT2D eigenvalue weighted by atomic mass is 127. The number of nitrogens with zero attached hydrogens (tertiary/aromatic N) is 3. The zero-order chi connectivity index (χ0) is 18.9. The lowest BCUT2D eigenvalue weighted by Crippen LogP contribution is -2.39. The minimum absolute atomic E-state index is 0.